The van der Waals surface area contributed by atoms with Crippen molar-refractivity contribution in [2.24, 2.45) is 4.99 Å². The molecule has 6 heteroatoms. The highest BCUT2D eigenvalue weighted by Crippen LogP contribution is 2.15. The molecular weight excluding hydrogens is 202 g/mol. The SMILES string of the molecule is CNC(=O)CCN(C)C1=NC(=O)SC1. The third-order valence-electron chi connectivity index (χ3n) is 1.94. The van der Waals surface area contributed by atoms with Gasteiger partial charge in [-0.3, -0.25) is 9.59 Å². The lowest BCUT2D eigenvalue weighted by Crippen LogP contribution is -2.31. The van der Waals surface area contributed by atoms with Crippen molar-refractivity contribution in [1.82, 2.24) is 10.2 Å². The predicted molar refractivity (Wildman–Crippen MR) is 56.6 cm³/mol. The highest BCUT2D eigenvalue weighted by molar-refractivity contribution is 8.14. The van der Waals surface area contributed by atoms with Gasteiger partial charge in [0.2, 0.25) is 5.91 Å². The van der Waals surface area contributed by atoms with Crippen molar-refractivity contribution in [3.63, 3.8) is 0 Å². The number of nitrogens with zero attached hydrogens (tertiary/aromatic N) is 2. The zero-order chi connectivity index (χ0) is 10.6. The fourth-order valence-corrected chi connectivity index (χ4v) is 1.72. The van der Waals surface area contributed by atoms with Crippen LogP contribution in [0.1, 0.15) is 6.42 Å². The van der Waals surface area contributed by atoms with Gasteiger partial charge in [0.25, 0.3) is 0 Å². The van der Waals surface area contributed by atoms with Gasteiger partial charge in [0.05, 0.1) is 5.75 Å². The maximum Gasteiger partial charge on any atom is 0.306 e. The van der Waals surface area contributed by atoms with Crippen LogP contribution in [-0.2, 0) is 4.79 Å². The summed E-state index contributed by atoms with van der Waals surface area (Å²) in [7, 11) is 3.44. The number of amidine groups is 1. The van der Waals surface area contributed by atoms with Crippen LogP contribution >= 0.6 is 11.8 Å². The summed E-state index contributed by atoms with van der Waals surface area (Å²) < 4.78 is 0. The van der Waals surface area contributed by atoms with Crippen molar-refractivity contribution < 1.29 is 9.59 Å². The van der Waals surface area contributed by atoms with Crippen LogP contribution in [0, 0.1) is 0 Å². The number of rotatable bonds is 3. The maximum atomic E-state index is 10.9. The van der Waals surface area contributed by atoms with Crippen LogP contribution in [-0.4, -0.2) is 48.3 Å². The Bertz CT molecular complexity index is 278. The summed E-state index contributed by atoms with van der Waals surface area (Å²) in [6, 6.07) is 0. The van der Waals surface area contributed by atoms with Crippen LogP contribution in [0.3, 0.4) is 0 Å². The Morgan fingerprint density at radius 1 is 1.71 bits per heavy atom. The summed E-state index contributed by atoms with van der Waals surface area (Å²) in [5, 5.41) is 2.40. The summed E-state index contributed by atoms with van der Waals surface area (Å²) in [5.41, 5.74) is 0. The van der Waals surface area contributed by atoms with Crippen LogP contribution in [0.4, 0.5) is 4.79 Å². The predicted octanol–water partition coefficient (Wildman–Crippen LogP) is 0.320. The Labute approximate surface area is 86.9 Å². The van der Waals surface area contributed by atoms with E-state index in [4.69, 9.17) is 0 Å². The van der Waals surface area contributed by atoms with Gasteiger partial charge in [0.1, 0.15) is 5.84 Å². The Morgan fingerprint density at radius 3 is 2.93 bits per heavy atom. The van der Waals surface area contributed by atoms with E-state index < -0.39 is 0 Å². The molecule has 0 saturated heterocycles. The standard InChI is InChI=1S/C8H13N3O2S/c1-9-7(12)3-4-11(2)6-5-14-8(13)10-6/h3-5H2,1-2H3,(H,9,12). The molecule has 0 aliphatic carbocycles. The number of amides is 2. The molecule has 1 heterocycles. The van der Waals surface area contributed by atoms with Crippen molar-refractivity contribution in [3.05, 3.63) is 0 Å². The van der Waals surface area contributed by atoms with Crippen molar-refractivity contribution in [3.8, 4) is 0 Å². The lowest BCUT2D eigenvalue weighted by atomic mass is 10.3. The molecule has 0 aromatic carbocycles. The van der Waals surface area contributed by atoms with Crippen LogP contribution in [0.2, 0.25) is 0 Å². The van der Waals surface area contributed by atoms with Gasteiger partial charge < -0.3 is 10.2 Å². The second kappa shape index (κ2) is 4.99. The lowest BCUT2D eigenvalue weighted by Gasteiger charge is -2.17. The van der Waals surface area contributed by atoms with Gasteiger partial charge in [-0.2, -0.15) is 4.99 Å². The van der Waals surface area contributed by atoms with Gasteiger partial charge in [-0.1, -0.05) is 11.8 Å². The maximum absolute atomic E-state index is 10.9. The first-order valence-corrected chi connectivity index (χ1v) is 5.28. The summed E-state index contributed by atoms with van der Waals surface area (Å²) in [6.45, 7) is 0.590. The van der Waals surface area contributed by atoms with Crippen LogP contribution < -0.4 is 5.32 Å². The van der Waals surface area contributed by atoms with Gasteiger partial charge in [0, 0.05) is 27.1 Å². The molecule has 0 atom stereocenters. The fourth-order valence-electron chi connectivity index (χ4n) is 1.02. The van der Waals surface area contributed by atoms with Crippen molar-refractivity contribution in [2.45, 2.75) is 6.42 Å². The van der Waals surface area contributed by atoms with Crippen LogP contribution in [0.5, 0.6) is 0 Å². The fraction of sp³-hybridized carbons (Fsp3) is 0.625. The Hall–Kier alpha value is -1.04. The van der Waals surface area contributed by atoms with E-state index in [0.29, 0.717) is 18.7 Å². The Morgan fingerprint density at radius 2 is 2.43 bits per heavy atom. The van der Waals surface area contributed by atoms with Gasteiger partial charge in [0.15, 0.2) is 0 Å². The highest BCUT2D eigenvalue weighted by Gasteiger charge is 2.18. The largest absolute Gasteiger partial charge is 0.362 e. The number of aliphatic imine (C=N–C) groups is 1. The van der Waals surface area contributed by atoms with E-state index in [1.807, 2.05) is 11.9 Å². The normalized spacial score (nSPS) is 15.3. The average molecular weight is 215 g/mol. The van der Waals surface area contributed by atoms with Gasteiger partial charge in [-0.05, 0) is 0 Å². The molecule has 2 amide bonds. The van der Waals surface area contributed by atoms with E-state index in [9.17, 15) is 9.59 Å². The molecule has 0 spiro atoms. The first-order valence-electron chi connectivity index (χ1n) is 4.29. The summed E-state index contributed by atoms with van der Waals surface area (Å²) in [4.78, 5) is 27.4. The number of carbonyl (C=O) groups excluding carboxylic acids is 2. The van der Waals surface area contributed by atoms with Gasteiger partial charge in [-0.15, -0.1) is 0 Å². The number of nitrogens with one attached hydrogen (secondary N) is 1. The highest BCUT2D eigenvalue weighted by atomic mass is 32.2. The second-order valence-electron chi connectivity index (χ2n) is 2.93. The zero-order valence-electron chi connectivity index (χ0n) is 8.24. The van der Waals surface area contributed by atoms with E-state index >= 15 is 0 Å². The number of carbonyl (C=O) groups is 2. The molecule has 0 radical (unpaired) electrons. The van der Waals surface area contributed by atoms with Crippen LogP contribution in [0.25, 0.3) is 0 Å². The minimum atomic E-state index is -0.146. The first-order chi connectivity index (χ1) is 6.63. The first kappa shape index (κ1) is 11.0. The second-order valence-corrected chi connectivity index (χ2v) is 3.85. The summed E-state index contributed by atoms with van der Waals surface area (Å²) >= 11 is 1.19. The Balaban J connectivity index is 2.35. The molecule has 0 aromatic rings. The molecular formula is C8H13N3O2S. The van der Waals surface area contributed by atoms with E-state index in [2.05, 4.69) is 10.3 Å². The molecule has 1 aliphatic rings. The minimum Gasteiger partial charge on any atom is -0.362 e. The average Bonchev–Trinajstić information content (AvgIpc) is 2.60. The van der Waals surface area contributed by atoms with Crippen molar-refractivity contribution in [1.29, 1.82) is 0 Å². The van der Waals surface area contributed by atoms with E-state index in [1.165, 1.54) is 11.8 Å². The molecule has 0 fully saturated rings. The van der Waals surface area contributed by atoms with E-state index in [1.54, 1.807) is 7.05 Å². The van der Waals surface area contributed by atoms with Gasteiger partial charge >= 0.3 is 5.24 Å². The number of hydrogen-bond acceptors (Lipinski definition) is 4. The molecule has 1 aliphatic heterocycles. The smallest absolute Gasteiger partial charge is 0.306 e. The van der Waals surface area contributed by atoms with E-state index in [0.717, 1.165) is 5.84 Å². The molecule has 1 rings (SSSR count). The monoisotopic (exact) mass is 215 g/mol. The van der Waals surface area contributed by atoms with Crippen molar-refractivity contribution >= 4 is 28.7 Å². The third-order valence-corrected chi connectivity index (χ3v) is 2.68. The van der Waals surface area contributed by atoms with Crippen molar-refractivity contribution in [2.75, 3.05) is 26.4 Å². The van der Waals surface area contributed by atoms with Gasteiger partial charge in [-0.25, -0.2) is 0 Å². The Kier molecular flexibility index (Phi) is 3.94. The molecule has 0 unspecified atom stereocenters. The van der Waals surface area contributed by atoms with E-state index in [-0.39, 0.29) is 11.1 Å². The molecule has 0 bridgehead atoms. The quantitative estimate of drug-likeness (QED) is 0.736. The molecule has 5 nitrogen and oxygen atoms in total. The molecule has 1 N–H and O–H groups in total. The number of hydrogen-bond donors (Lipinski definition) is 1. The number of thioether (sulfide) groups is 1. The topological polar surface area (TPSA) is 61.8 Å². The third kappa shape index (κ3) is 3.02. The lowest BCUT2D eigenvalue weighted by molar-refractivity contribution is -0.120. The molecule has 0 aromatic heterocycles. The molecule has 0 saturated carbocycles. The molecule has 78 valence electrons. The summed E-state index contributed by atoms with van der Waals surface area (Å²) in [5.74, 6) is 1.36. The summed E-state index contributed by atoms with van der Waals surface area (Å²) in [6.07, 6.45) is 0.422. The zero-order valence-corrected chi connectivity index (χ0v) is 9.06. The minimum absolute atomic E-state index is 0.00516. The molecule has 14 heavy (non-hydrogen) atoms. The van der Waals surface area contributed by atoms with Crippen LogP contribution in [0.15, 0.2) is 4.99 Å².